The summed E-state index contributed by atoms with van der Waals surface area (Å²) in [6.45, 7) is 5.38. The Morgan fingerprint density at radius 3 is 2.53 bits per heavy atom. The van der Waals surface area contributed by atoms with E-state index in [-0.39, 0.29) is 24.4 Å². The molecule has 1 amide bonds. The van der Waals surface area contributed by atoms with Gasteiger partial charge in [-0.3, -0.25) is 4.79 Å². The van der Waals surface area contributed by atoms with Gasteiger partial charge in [-0.1, -0.05) is 20.3 Å². The Balaban J connectivity index is 0.00000144. The van der Waals surface area contributed by atoms with E-state index < -0.39 is 0 Å². The van der Waals surface area contributed by atoms with Crippen molar-refractivity contribution in [2.24, 2.45) is 23.0 Å². The van der Waals surface area contributed by atoms with E-state index in [1.807, 2.05) is 0 Å². The average molecular weight is 261 g/mol. The number of nitrogens with two attached hydrogens (primary N) is 1. The summed E-state index contributed by atoms with van der Waals surface area (Å²) in [7, 11) is 0. The van der Waals surface area contributed by atoms with Crippen LogP contribution in [0.3, 0.4) is 0 Å². The second kappa shape index (κ2) is 5.57. The molecule has 0 heterocycles. The van der Waals surface area contributed by atoms with Crippen LogP contribution in [0.4, 0.5) is 0 Å². The highest BCUT2D eigenvalue weighted by atomic mass is 35.5. The lowest BCUT2D eigenvalue weighted by Crippen LogP contribution is -2.32. The molecule has 3 nitrogen and oxygen atoms in total. The van der Waals surface area contributed by atoms with Crippen molar-refractivity contribution in [1.29, 1.82) is 0 Å². The molecule has 2 aliphatic carbocycles. The third-order valence-corrected chi connectivity index (χ3v) is 4.43. The van der Waals surface area contributed by atoms with Gasteiger partial charge in [0.25, 0.3) is 0 Å². The third-order valence-electron chi connectivity index (χ3n) is 4.43. The predicted octanol–water partition coefficient (Wildman–Crippen LogP) is 2.09. The first-order valence-electron chi connectivity index (χ1n) is 6.51. The molecular formula is C13H25ClN2O. The van der Waals surface area contributed by atoms with Gasteiger partial charge in [0, 0.05) is 19.0 Å². The number of rotatable bonds is 4. The van der Waals surface area contributed by atoms with E-state index in [1.165, 1.54) is 12.8 Å². The summed E-state index contributed by atoms with van der Waals surface area (Å²) in [4.78, 5) is 11.7. The molecule has 2 saturated carbocycles. The van der Waals surface area contributed by atoms with E-state index >= 15 is 0 Å². The van der Waals surface area contributed by atoms with E-state index in [9.17, 15) is 4.79 Å². The van der Waals surface area contributed by atoms with Crippen LogP contribution in [-0.2, 0) is 4.79 Å². The van der Waals surface area contributed by atoms with E-state index in [0.29, 0.717) is 23.7 Å². The Hall–Kier alpha value is -0.280. The van der Waals surface area contributed by atoms with E-state index in [4.69, 9.17) is 5.73 Å². The molecule has 17 heavy (non-hydrogen) atoms. The van der Waals surface area contributed by atoms with Crippen LogP contribution in [0.1, 0.15) is 46.0 Å². The molecule has 2 rings (SSSR count). The number of hydrogen-bond acceptors (Lipinski definition) is 2. The molecule has 3 N–H and O–H groups in total. The zero-order valence-electron chi connectivity index (χ0n) is 10.9. The largest absolute Gasteiger partial charge is 0.356 e. The molecule has 3 atom stereocenters. The lowest BCUT2D eigenvalue weighted by Gasteiger charge is -2.15. The SMILES string of the molecule is CC1(C)CC1CNC(=O)C[C@@H]1CCC[C@H]1N.Cl. The molecule has 0 aliphatic heterocycles. The predicted molar refractivity (Wildman–Crippen MR) is 72.1 cm³/mol. The number of carbonyl (C=O) groups is 1. The molecule has 0 radical (unpaired) electrons. The quantitative estimate of drug-likeness (QED) is 0.813. The molecular weight excluding hydrogens is 236 g/mol. The highest BCUT2D eigenvalue weighted by Gasteiger charge is 2.45. The molecule has 0 aromatic heterocycles. The minimum atomic E-state index is 0. The maximum atomic E-state index is 11.7. The van der Waals surface area contributed by atoms with E-state index in [0.717, 1.165) is 19.4 Å². The first-order valence-corrected chi connectivity index (χ1v) is 6.51. The zero-order chi connectivity index (χ0) is 11.8. The van der Waals surface area contributed by atoms with Gasteiger partial charge >= 0.3 is 0 Å². The van der Waals surface area contributed by atoms with E-state index in [1.54, 1.807) is 0 Å². The topological polar surface area (TPSA) is 55.1 Å². The van der Waals surface area contributed by atoms with Gasteiger partial charge in [-0.15, -0.1) is 12.4 Å². The van der Waals surface area contributed by atoms with Crippen LogP contribution in [0.15, 0.2) is 0 Å². The van der Waals surface area contributed by atoms with Crippen molar-refractivity contribution in [1.82, 2.24) is 5.32 Å². The fraction of sp³-hybridized carbons (Fsp3) is 0.923. The van der Waals surface area contributed by atoms with Crippen LogP contribution in [0.5, 0.6) is 0 Å². The summed E-state index contributed by atoms with van der Waals surface area (Å²) in [5, 5.41) is 3.05. The second-order valence-corrected chi connectivity index (χ2v) is 6.25. The van der Waals surface area contributed by atoms with Crippen LogP contribution >= 0.6 is 12.4 Å². The molecule has 0 bridgehead atoms. The maximum Gasteiger partial charge on any atom is 0.220 e. The first-order chi connectivity index (χ1) is 7.49. The number of halogens is 1. The van der Waals surface area contributed by atoms with Gasteiger partial charge in [0.15, 0.2) is 0 Å². The Labute approximate surface area is 110 Å². The summed E-state index contributed by atoms with van der Waals surface area (Å²) in [6.07, 6.45) is 5.29. The van der Waals surface area contributed by atoms with Crippen LogP contribution in [0, 0.1) is 17.3 Å². The van der Waals surface area contributed by atoms with Gasteiger partial charge in [-0.05, 0) is 36.5 Å². The summed E-state index contributed by atoms with van der Waals surface area (Å²) in [5.41, 5.74) is 6.41. The minimum Gasteiger partial charge on any atom is -0.356 e. The van der Waals surface area contributed by atoms with Crippen molar-refractivity contribution >= 4 is 18.3 Å². The summed E-state index contributed by atoms with van der Waals surface area (Å²) in [6, 6.07) is 0.253. The second-order valence-electron chi connectivity index (χ2n) is 6.25. The highest BCUT2D eigenvalue weighted by Crippen LogP contribution is 2.50. The fourth-order valence-corrected chi connectivity index (χ4v) is 2.79. The van der Waals surface area contributed by atoms with Crippen LogP contribution in [0.25, 0.3) is 0 Å². The molecule has 0 saturated heterocycles. The molecule has 100 valence electrons. The molecule has 1 unspecified atom stereocenters. The molecule has 0 aromatic carbocycles. The molecule has 0 spiro atoms. The standard InChI is InChI=1S/C13H24N2O.ClH/c1-13(2)7-10(13)8-15-12(16)6-9-4-3-5-11(9)14;/h9-11H,3-8,14H2,1-2H3,(H,15,16);1H/t9-,10?,11+;/m0./s1. The summed E-state index contributed by atoms with van der Waals surface area (Å²) >= 11 is 0. The minimum absolute atomic E-state index is 0. The van der Waals surface area contributed by atoms with Crippen molar-refractivity contribution < 1.29 is 4.79 Å². The normalized spacial score (nSPS) is 33.9. The maximum absolute atomic E-state index is 11.7. The Morgan fingerprint density at radius 1 is 1.41 bits per heavy atom. The van der Waals surface area contributed by atoms with Crippen molar-refractivity contribution in [3.63, 3.8) is 0 Å². The Bertz CT molecular complexity index is 281. The van der Waals surface area contributed by atoms with E-state index in [2.05, 4.69) is 19.2 Å². The summed E-state index contributed by atoms with van der Waals surface area (Å²) < 4.78 is 0. The number of hydrogen-bond donors (Lipinski definition) is 2. The molecule has 0 aromatic rings. The van der Waals surface area contributed by atoms with Crippen LogP contribution < -0.4 is 11.1 Å². The van der Waals surface area contributed by atoms with Crippen molar-refractivity contribution in [3.8, 4) is 0 Å². The summed E-state index contributed by atoms with van der Waals surface area (Å²) in [5.74, 6) is 1.31. The molecule has 2 aliphatic rings. The first kappa shape index (κ1) is 14.8. The van der Waals surface area contributed by atoms with Crippen LogP contribution in [0.2, 0.25) is 0 Å². The highest BCUT2D eigenvalue weighted by molar-refractivity contribution is 5.85. The molecule has 4 heteroatoms. The lowest BCUT2D eigenvalue weighted by molar-refractivity contribution is -0.122. The number of amides is 1. The Kier molecular flexibility index (Phi) is 4.85. The van der Waals surface area contributed by atoms with Gasteiger partial charge in [-0.25, -0.2) is 0 Å². The van der Waals surface area contributed by atoms with Gasteiger partial charge in [0.2, 0.25) is 5.91 Å². The lowest BCUT2D eigenvalue weighted by atomic mass is 10.00. The molecule has 2 fully saturated rings. The Morgan fingerprint density at radius 2 is 2.06 bits per heavy atom. The third kappa shape index (κ3) is 3.85. The van der Waals surface area contributed by atoms with Gasteiger partial charge in [-0.2, -0.15) is 0 Å². The fourth-order valence-electron chi connectivity index (χ4n) is 2.79. The van der Waals surface area contributed by atoms with Gasteiger partial charge in [0.05, 0.1) is 0 Å². The average Bonchev–Trinajstić information content (AvgIpc) is 2.61. The number of nitrogens with one attached hydrogen (secondary N) is 1. The number of carbonyl (C=O) groups excluding carboxylic acids is 1. The van der Waals surface area contributed by atoms with Crippen LogP contribution in [-0.4, -0.2) is 18.5 Å². The smallest absolute Gasteiger partial charge is 0.220 e. The van der Waals surface area contributed by atoms with Gasteiger partial charge in [0.1, 0.15) is 0 Å². The van der Waals surface area contributed by atoms with Crippen molar-refractivity contribution in [2.75, 3.05) is 6.54 Å². The zero-order valence-corrected chi connectivity index (χ0v) is 11.7. The monoisotopic (exact) mass is 260 g/mol. The van der Waals surface area contributed by atoms with Crippen molar-refractivity contribution in [2.45, 2.75) is 52.0 Å². The van der Waals surface area contributed by atoms with Crippen molar-refractivity contribution in [3.05, 3.63) is 0 Å². The van der Waals surface area contributed by atoms with Gasteiger partial charge < -0.3 is 11.1 Å².